The van der Waals surface area contributed by atoms with Gasteiger partial charge in [-0.1, -0.05) is 36.4 Å². The summed E-state index contributed by atoms with van der Waals surface area (Å²) in [5, 5.41) is 11.8. The molecule has 0 spiro atoms. The number of carbonyl (C=O) groups excluding carboxylic acids is 1. The summed E-state index contributed by atoms with van der Waals surface area (Å²) in [6, 6.07) is 17.6. The first-order valence-corrected chi connectivity index (χ1v) is 10.5. The van der Waals surface area contributed by atoms with Crippen molar-refractivity contribution in [3.63, 3.8) is 0 Å². The van der Waals surface area contributed by atoms with Crippen LogP contribution in [0.15, 0.2) is 73.2 Å². The lowest BCUT2D eigenvalue weighted by Crippen LogP contribution is -2.23. The SMILES string of the molecule is O=C(NCc1ccccc1)c1ccc2nnc(C3CCN(Cc4cccnc4)C3)n2c1. The van der Waals surface area contributed by atoms with Crippen LogP contribution in [0.25, 0.3) is 5.65 Å². The van der Waals surface area contributed by atoms with Crippen molar-refractivity contribution in [2.75, 3.05) is 13.1 Å². The molecule has 1 fully saturated rings. The van der Waals surface area contributed by atoms with Crippen molar-refractivity contribution < 1.29 is 4.79 Å². The minimum absolute atomic E-state index is 0.102. The number of likely N-dealkylation sites (tertiary alicyclic amines) is 1. The molecular weight excluding hydrogens is 388 g/mol. The molecule has 1 aliphatic rings. The first kappa shape index (κ1) is 19.4. The van der Waals surface area contributed by atoms with E-state index in [1.54, 1.807) is 12.3 Å². The summed E-state index contributed by atoms with van der Waals surface area (Å²) in [5.41, 5.74) is 3.66. The molecule has 4 aromatic rings. The first-order chi connectivity index (χ1) is 15.3. The number of hydrogen-bond acceptors (Lipinski definition) is 5. The summed E-state index contributed by atoms with van der Waals surface area (Å²) in [6.07, 6.45) is 6.59. The number of pyridine rings is 2. The van der Waals surface area contributed by atoms with Gasteiger partial charge < -0.3 is 5.32 Å². The zero-order chi connectivity index (χ0) is 21.0. The lowest BCUT2D eigenvalue weighted by atomic mass is 10.1. The maximum absolute atomic E-state index is 12.7. The van der Waals surface area contributed by atoms with E-state index < -0.39 is 0 Å². The number of fused-ring (bicyclic) bond motifs is 1. The van der Waals surface area contributed by atoms with Crippen molar-refractivity contribution in [1.82, 2.24) is 29.8 Å². The Morgan fingerprint density at radius 2 is 1.90 bits per heavy atom. The van der Waals surface area contributed by atoms with E-state index in [9.17, 15) is 4.79 Å². The summed E-state index contributed by atoms with van der Waals surface area (Å²) < 4.78 is 1.97. The molecule has 1 unspecified atom stereocenters. The quantitative estimate of drug-likeness (QED) is 0.527. The Hall–Kier alpha value is -3.58. The maximum atomic E-state index is 12.7. The van der Waals surface area contributed by atoms with E-state index in [-0.39, 0.29) is 11.8 Å². The molecule has 156 valence electrons. The molecule has 3 aromatic heterocycles. The third-order valence-corrected chi connectivity index (χ3v) is 5.75. The normalized spacial score (nSPS) is 16.6. The van der Waals surface area contributed by atoms with Crippen LogP contribution in [0.3, 0.4) is 0 Å². The Labute approximate surface area is 180 Å². The molecule has 1 aromatic carbocycles. The Morgan fingerprint density at radius 3 is 2.74 bits per heavy atom. The third kappa shape index (κ3) is 4.32. The Kier molecular flexibility index (Phi) is 5.41. The van der Waals surface area contributed by atoms with E-state index in [4.69, 9.17) is 0 Å². The zero-order valence-electron chi connectivity index (χ0n) is 17.2. The highest BCUT2D eigenvalue weighted by Crippen LogP contribution is 2.27. The number of benzene rings is 1. The fraction of sp³-hybridized carbons (Fsp3) is 0.250. The molecule has 7 heteroatoms. The van der Waals surface area contributed by atoms with E-state index in [2.05, 4.69) is 31.5 Å². The standard InChI is InChI=1S/C24H24N6O/c31-24(26-14-18-5-2-1-3-6-18)21-8-9-22-27-28-23(30(22)17-21)20-10-12-29(16-20)15-19-7-4-11-25-13-19/h1-9,11,13,17,20H,10,12,14-16H2,(H,26,31). The molecule has 1 N–H and O–H groups in total. The second-order valence-electron chi connectivity index (χ2n) is 7.95. The molecule has 0 bridgehead atoms. The summed E-state index contributed by atoms with van der Waals surface area (Å²) in [7, 11) is 0. The van der Waals surface area contributed by atoms with Crippen molar-refractivity contribution in [3.05, 3.63) is 95.7 Å². The van der Waals surface area contributed by atoms with Crippen LogP contribution in [-0.4, -0.2) is 43.5 Å². The third-order valence-electron chi connectivity index (χ3n) is 5.75. The van der Waals surface area contributed by atoms with Crippen LogP contribution in [0.1, 0.15) is 39.6 Å². The van der Waals surface area contributed by atoms with Gasteiger partial charge in [0.25, 0.3) is 5.91 Å². The van der Waals surface area contributed by atoms with Gasteiger partial charge in [-0.25, -0.2) is 0 Å². The van der Waals surface area contributed by atoms with E-state index in [0.29, 0.717) is 12.1 Å². The average Bonchev–Trinajstić information content (AvgIpc) is 3.45. The smallest absolute Gasteiger partial charge is 0.253 e. The van der Waals surface area contributed by atoms with Crippen LogP contribution in [0.4, 0.5) is 0 Å². The van der Waals surface area contributed by atoms with Crippen molar-refractivity contribution in [1.29, 1.82) is 0 Å². The predicted molar refractivity (Wildman–Crippen MR) is 117 cm³/mol. The summed E-state index contributed by atoms with van der Waals surface area (Å²) in [4.78, 5) is 19.3. The van der Waals surface area contributed by atoms with Crippen molar-refractivity contribution in [2.24, 2.45) is 0 Å². The Morgan fingerprint density at radius 1 is 1.03 bits per heavy atom. The lowest BCUT2D eigenvalue weighted by Gasteiger charge is -2.15. The monoisotopic (exact) mass is 412 g/mol. The molecule has 0 radical (unpaired) electrons. The Bertz CT molecular complexity index is 1170. The van der Waals surface area contributed by atoms with Crippen LogP contribution < -0.4 is 5.32 Å². The zero-order valence-corrected chi connectivity index (χ0v) is 17.2. The highest BCUT2D eigenvalue weighted by Gasteiger charge is 2.28. The molecule has 0 aliphatic carbocycles. The molecule has 1 saturated heterocycles. The van der Waals surface area contributed by atoms with Gasteiger partial charge in [0.2, 0.25) is 0 Å². The maximum Gasteiger partial charge on any atom is 0.253 e. The molecule has 4 heterocycles. The second kappa shape index (κ2) is 8.65. The van der Waals surface area contributed by atoms with Crippen LogP contribution in [0, 0.1) is 0 Å². The number of nitrogens with one attached hydrogen (secondary N) is 1. The van der Waals surface area contributed by atoms with Gasteiger partial charge in [0.15, 0.2) is 5.65 Å². The van der Waals surface area contributed by atoms with Crippen molar-refractivity contribution in [2.45, 2.75) is 25.4 Å². The van der Waals surface area contributed by atoms with Gasteiger partial charge in [0.05, 0.1) is 5.56 Å². The lowest BCUT2D eigenvalue weighted by molar-refractivity contribution is 0.0950. The fourth-order valence-corrected chi connectivity index (χ4v) is 4.14. The average molecular weight is 412 g/mol. The van der Waals surface area contributed by atoms with Gasteiger partial charge in [0.1, 0.15) is 5.82 Å². The van der Waals surface area contributed by atoms with E-state index in [0.717, 1.165) is 43.1 Å². The van der Waals surface area contributed by atoms with Gasteiger partial charge in [-0.2, -0.15) is 0 Å². The molecule has 5 rings (SSSR count). The molecule has 0 saturated carbocycles. The Balaban J connectivity index is 1.29. The first-order valence-electron chi connectivity index (χ1n) is 10.5. The minimum Gasteiger partial charge on any atom is -0.348 e. The van der Waals surface area contributed by atoms with Crippen LogP contribution in [0.2, 0.25) is 0 Å². The highest BCUT2D eigenvalue weighted by molar-refractivity contribution is 5.94. The fourth-order valence-electron chi connectivity index (χ4n) is 4.14. The number of carbonyl (C=O) groups is 1. The van der Waals surface area contributed by atoms with Crippen molar-refractivity contribution in [3.8, 4) is 0 Å². The summed E-state index contributed by atoms with van der Waals surface area (Å²) in [6.45, 7) is 3.30. The largest absolute Gasteiger partial charge is 0.348 e. The van der Waals surface area contributed by atoms with Gasteiger partial charge in [-0.05, 0) is 42.3 Å². The minimum atomic E-state index is -0.102. The molecule has 1 amide bonds. The summed E-state index contributed by atoms with van der Waals surface area (Å²) in [5.74, 6) is 1.10. The number of rotatable bonds is 6. The molecule has 7 nitrogen and oxygen atoms in total. The van der Waals surface area contributed by atoms with E-state index >= 15 is 0 Å². The van der Waals surface area contributed by atoms with Gasteiger partial charge in [0, 0.05) is 44.1 Å². The van der Waals surface area contributed by atoms with E-state index in [1.165, 1.54) is 5.56 Å². The van der Waals surface area contributed by atoms with Crippen LogP contribution in [-0.2, 0) is 13.1 Å². The molecule has 1 aliphatic heterocycles. The van der Waals surface area contributed by atoms with Gasteiger partial charge in [-0.15, -0.1) is 10.2 Å². The summed E-state index contributed by atoms with van der Waals surface area (Å²) >= 11 is 0. The van der Waals surface area contributed by atoms with Gasteiger partial charge >= 0.3 is 0 Å². The molecular formula is C24H24N6O. The second-order valence-corrected chi connectivity index (χ2v) is 7.95. The van der Waals surface area contributed by atoms with Crippen molar-refractivity contribution >= 4 is 11.6 Å². The molecule has 31 heavy (non-hydrogen) atoms. The van der Waals surface area contributed by atoms with E-state index in [1.807, 2.05) is 59.3 Å². The number of nitrogens with zero attached hydrogens (tertiary/aromatic N) is 5. The number of amides is 1. The number of aromatic nitrogens is 4. The number of hydrogen-bond donors (Lipinski definition) is 1. The van der Waals surface area contributed by atoms with Gasteiger partial charge in [-0.3, -0.25) is 19.1 Å². The highest BCUT2D eigenvalue weighted by atomic mass is 16.1. The molecule has 1 atom stereocenters. The van der Waals surface area contributed by atoms with Crippen LogP contribution in [0.5, 0.6) is 0 Å². The topological polar surface area (TPSA) is 75.4 Å². The van der Waals surface area contributed by atoms with Crippen LogP contribution >= 0.6 is 0 Å². The predicted octanol–water partition coefficient (Wildman–Crippen LogP) is 3.04.